The maximum absolute atomic E-state index is 13.5. The lowest BCUT2D eigenvalue weighted by atomic mass is 10.1. The highest BCUT2D eigenvalue weighted by atomic mass is 35.5. The summed E-state index contributed by atoms with van der Waals surface area (Å²) in [5, 5.41) is 18.1. The highest BCUT2D eigenvalue weighted by Gasteiger charge is 2.20. The highest BCUT2D eigenvalue weighted by Crippen LogP contribution is 2.27. The molecule has 0 saturated carbocycles. The van der Waals surface area contributed by atoms with Crippen LogP contribution in [0.2, 0.25) is 10.3 Å². The van der Waals surface area contributed by atoms with Gasteiger partial charge in [0, 0.05) is 6.21 Å². The lowest BCUT2D eigenvalue weighted by Gasteiger charge is -2.08. The Hall–Kier alpha value is -1.70. The van der Waals surface area contributed by atoms with Crippen LogP contribution in [0.1, 0.15) is 12.5 Å². The van der Waals surface area contributed by atoms with Gasteiger partial charge in [0.05, 0.1) is 25.3 Å². The van der Waals surface area contributed by atoms with E-state index in [0.29, 0.717) is 0 Å². The summed E-state index contributed by atoms with van der Waals surface area (Å²) in [7, 11) is 0. The van der Waals surface area contributed by atoms with Gasteiger partial charge in [-0.05, 0) is 13.0 Å². The summed E-state index contributed by atoms with van der Waals surface area (Å²) in [6.07, 6.45) is 1.01. The van der Waals surface area contributed by atoms with Gasteiger partial charge in [-0.2, -0.15) is 0 Å². The number of nitrogens with zero attached hydrogens (tertiary/aromatic N) is 2. The van der Waals surface area contributed by atoms with Crippen LogP contribution in [-0.4, -0.2) is 47.1 Å². The molecule has 1 heterocycles. The van der Waals surface area contributed by atoms with Crippen LogP contribution in [0.5, 0.6) is 0 Å². The van der Waals surface area contributed by atoms with Crippen molar-refractivity contribution in [2.45, 2.75) is 6.92 Å². The van der Waals surface area contributed by atoms with Crippen molar-refractivity contribution in [2.24, 2.45) is 4.99 Å². The second kappa shape index (κ2) is 8.67. The van der Waals surface area contributed by atoms with Gasteiger partial charge in [0.15, 0.2) is 11.0 Å². The molecule has 0 atom stereocenters. The second-order valence-electron chi connectivity index (χ2n) is 3.84. The zero-order valence-electron chi connectivity index (χ0n) is 11.5. The number of halogens is 3. The average Bonchev–Trinajstić information content (AvgIpc) is 2.47. The lowest BCUT2D eigenvalue weighted by Crippen LogP contribution is -2.12. The van der Waals surface area contributed by atoms with Gasteiger partial charge in [-0.15, -0.1) is 0 Å². The Bertz CT molecular complexity index is 620. The third-order valence-electron chi connectivity index (χ3n) is 2.34. The van der Waals surface area contributed by atoms with E-state index in [-0.39, 0.29) is 36.0 Å². The number of pyridine rings is 1. The van der Waals surface area contributed by atoms with E-state index in [2.05, 4.69) is 9.98 Å². The molecule has 1 aromatic heterocycles. The van der Waals surface area contributed by atoms with Gasteiger partial charge in [0.25, 0.3) is 0 Å². The molecule has 22 heavy (non-hydrogen) atoms. The van der Waals surface area contributed by atoms with Crippen LogP contribution < -0.4 is 0 Å². The Labute approximate surface area is 135 Å². The van der Waals surface area contributed by atoms with E-state index in [9.17, 15) is 14.3 Å². The van der Waals surface area contributed by atoms with E-state index in [1.54, 1.807) is 6.92 Å². The van der Waals surface area contributed by atoms with Crippen LogP contribution in [0, 0.1) is 5.82 Å². The number of carbonyl (C=O) groups is 1. The van der Waals surface area contributed by atoms with Gasteiger partial charge in [-0.1, -0.05) is 23.2 Å². The summed E-state index contributed by atoms with van der Waals surface area (Å²) in [6, 6.07) is 0.839. The number of aliphatic hydroxyl groups is 2. The van der Waals surface area contributed by atoms with E-state index < -0.39 is 22.7 Å². The molecule has 0 aliphatic carbocycles. The van der Waals surface area contributed by atoms with Gasteiger partial charge >= 0.3 is 5.97 Å². The fraction of sp³-hybridized carbons (Fsp3) is 0.308. The molecule has 6 nitrogen and oxygen atoms in total. The first-order valence-corrected chi connectivity index (χ1v) is 6.90. The second-order valence-corrected chi connectivity index (χ2v) is 4.56. The number of aliphatic hydroxyl groups excluding tert-OH is 2. The molecule has 9 heteroatoms. The Morgan fingerprint density at radius 3 is 2.77 bits per heavy atom. The Morgan fingerprint density at radius 1 is 1.50 bits per heavy atom. The van der Waals surface area contributed by atoms with Gasteiger partial charge < -0.3 is 14.9 Å². The largest absolute Gasteiger partial charge is 0.506 e. The van der Waals surface area contributed by atoms with Gasteiger partial charge in [-0.25, -0.2) is 14.2 Å². The first kappa shape index (κ1) is 18.3. The molecule has 0 bridgehead atoms. The van der Waals surface area contributed by atoms with Crippen LogP contribution in [0.25, 0.3) is 5.76 Å². The lowest BCUT2D eigenvalue weighted by molar-refractivity contribution is -0.137. The van der Waals surface area contributed by atoms with Crippen LogP contribution in [0.4, 0.5) is 4.39 Å². The summed E-state index contributed by atoms with van der Waals surface area (Å²) in [6.45, 7) is 1.40. The van der Waals surface area contributed by atoms with Gasteiger partial charge in [0.1, 0.15) is 16.5 Å². The third-order valence-corrected chi connectivity index (χ3v) is 2.89. The molecule has 0 saturated heterocycles. The first-order chi connectivity index (χ1) is 10.4. The maximum Gasteiger partial charge on any atom is 0.343 e. The Balaban J connectivity index is 3.37. The Morgan fingerprint density at radius 2 is 2.18 bits per heavy atom. The molecular formula is C13H13Cl2FN2O4. The standard InChI is InChI=1S/C13H13Cl2FN2O4/c1-2-22-13(21)8(6-17-3-4-19)10(20)7-5-9(16)12(15)18-11(7)14/h5-6,19-20H,2-4H2,1H3. The SMILES string of the molecule is CCOC(=O)C(C=NCCO)=C(O)c1cc(F)c(Cl)nc1Cl. The molecule has 0 aliphatic rings. The molecule has 0 spiro atoms. The van der Waals surface area contributed by atoms with E-state index in [0.717, 1.165) is 12.3 Å². The number of hydrogen-bond donors (Lipinski definition) is 2. The third kappa shape index (κ3) is 4.66. The molecule has 2 N–H and O–H groups in total. The van der Waals surface area contributed by atoms with Crippen molar-refractivity contribution in [3.63, 3.8) is 0 Å². The quantitative estimate of drug-likeness (QED) is 0.270. The minimum Gasteiger partial charge on any atom is -0.506 e. The maximum atomic E-state index is 13.5. The molecule has 0 radical (unpaired) electrons. The monoisotopic (exact) mass is 350 g/mol. The number of aliphatic imine (C=N–C) groups is 1. The number of rotatable bonds is 6. The van der Waals surface area contributed by atoms with Crippen LogP contribution >= 0.6 is 23.2 Å². The summed E-state index contributed by atoms with van der Waals surface area (Å²) < 4.78 is 18.2. The van der Waals surface area contributed by atoms with Crippen molar-refractivity contribution < 1.29 is 24.1 Å². The van der Waals surface area contributed by atoms with Gasteiger partial charge in [-0.3, -0.25) is 4.99 Å². The van der Waals surface area contributed by atoms with Crippen LogP contribution in [0.3, 0.4) is 0 Å². The van der Waals surface area contributed by atoms with Crippen LogP contribution in [0.15, 0.2) is 16.6 Å². The van der Waals surface area contributed by atoms with Crippen molar-refractivity contribution in [2.75, 3.05) is 19.8 Å². The van der Waals surface area contributed by atoms with Crippen molar-refractivity contribution in [3.8, 4) is 0 Å². The van der Waals surface area contributed by atoms with Crippen molar-refractivity contribution in [1.29, 1.82) is 0 Å². The fourth-order valence-corrected chi connectivity index (χ4v) is 1.80. The van der Waals surface area contributed by atoms with Crippen molar-refractivity contribution in [3.05, 3.63) is 33.3 Å². The number of hydrogen-bond acceptors (Lipinski definition) is 6. The highest BCUT2D eigenvalue weighted by molar-refractivity contribution is 6.33. The molecule has 1 rings (SSSR count). The van der Waals surface area contributed by atoms with E-state index >= 15 is 0 Å². The van der Waals surface area contributed by atoms with Gasteiger partial charge in [0.2, 0.25) is 0 Å². The molecule has 0 aliphatic heterocycles. The number of esters is 1. The molecule has 0 unspecified atom stereocenters. The van der Waals surface area contributed by atoms with E-state index in [1.807, 2.05) is 0 Å². The fourth-order valence-electron chi connectivity index (χ4n) is 1.39. The molecule has 120 valence electrons. The Kier molecular flexibility index (Phi) is 7.23. The predicted molar refractivity (Wildman–Crippen MR) is 80.8 cm³/mol. The van der Waals surface area contributed by atoms with Crippen molar-refractivity contribution >= 4 is 41.1 Å². The summed E-state index contributed by atoms with van der Waals surface area (Å²) in [5.74, 6) is -2.45. The number of carbonyl (C=O) groups excluding carboxylic acids is 1. The zero-order chi connectivity index (χ0) is 16.7. The minimum atomic E-state index is -0.914. The first-order valence-electron chi connectivity index (χ1n) is 6.15. The summed E-state index contributed by atoms with van der Waals surface area (Å²) >= 11 is 11.3. The smallest absolute Gasteiger partial charge is 0.343 e. The summed E-state index contributed by atoms with van der Waals surface area (Å²) in [4.78, 5) is 19.1. The molecule has 0 amide bonds. The molecular weight excluding hydrogens is 338 g/mol. The van der Waals surface area contributed by atoms with Crippen molar-refractivity contribution in [1.82, 2.24) is 4.98 Å². The zero-order valence-corrected chi connectivity index (χ0v) is 13.0. The van der Waals surface area contributed by atoms with E-state index in [4.69, 9.17) is 33.0 Å². The molecule has 1 aromatic rings. The van der Waals surface area contributed by atoms with E-state index in [1.165, 1.54) is 0 Å². The topological polar surface area (TPSA) is 92.0 Å². The predicted octanol–water partition coefficient (Wildman–Crippen LogP) is 2.42. The molecule has 0 aromatic carbocycles. The number of ether oxygens (including phenoxy) is 1. The van der Waals surface area contributed by atoms with Crippen LogP contribution in [-0.2, 0) is 9.53 Å². The normalized spacial score (nSPS) is 12.4. The average molecular weight is 351 g/mol. The summed E-state index contributed by atoms with van der Waals surface area (Å²) in [5.41, 5.74) is -0.581. The number of aromatic nitrogens is 1. The molecule has 0 fully saturated rings. The minimum absolute atomic E-state index is 0.0111.